The molecule has 22 heavy (non-hydrogen) atoms. The summed E-state index contributed by atoms with van der Waals surface area (Å²) in [5, 5.41) is 0.642. The van der Waals surface area contributed by atoms with E-state index in [0.29, 0.717) is 23.0 Å². The van der Waals surface area contributed by atoms with Crippen LogP contribution in [0.3, 0.4) is 0 Å². The van der Waals surface area contributed by atoms with Crippen LogP contribution in [0, 0.1) is 0 Å². The third kappa shape index (κ3) is 2.42. The zero-order chi connectivity index (χ0) is 15.1. The zero-order valence-electron chi connectivity index (χ0n) is 12.0. The number of para-hydroxylation sites is 2. The largest absolute Gasteiger partial charge is 0.320 e. The Bertz CT molecular complexity index is 847. The molecule has 0 atom stereocenters. The molecule has 1 fully saturated rings. The Morgan fingerprint density at radius 2 is 1.86 bits per heavy atom. The minimum absolute atomic E-state index is 0.0849. The van der Waals surface area contributed by atoms with Crippen LogP contribution in [-0.2, 0) is 6.54 Å². The molecule has 0 aliphatic heterocycles. The molecule has 2 aromatic carbocycles. The van der Waals surface area contributed by atoms with Gasteiger partial charge in [0.1, 0.15) is 5.82 Å². The molecule has 1 saturated carbocycles. The molecule has 1 aliphatic carbocycles. The first-order valence-electron chi connectivity index (χ1n) is 7.46. The maximum Gasteiger partial charge on any atom is 0.182 e. The normalized spacial score (nSPS) is 14.4. The van der Waals surface area contributed by atoms with Crippen molar-refractivity contribution in [3.8, 4) is 0 Å². The molecule has 0 radical (unpaired) electrons. The maximum atomic E-state index is 12.6. The molecule has 0 amide bonds. The van der Waals surface area contributed by atoms with Crippen LogP contribution in [-0.4, -0.2) is 15.3 Å². The average Bonchev–Trinajstić information content (AvgIpc) is 3.31. The molecule has 3 nitrogen and oxygen atoms in total. The van der Waals surface area contributed by atoms with Gasteiger partial charge in [-0.3, -0.25) is 4.79 Å². The topological polar surface area (TPSA) is 34.9 Å². The number of carbonyl (C=O) groups is 1. The molecule has 0 unspecified atom stereocenters. The van der Waals surface area contributed by atoms with Crippen molar-refractivity contribution < 1.29 is 4.79 Å². The highest BCUT2D eigenvalue weighted by Crippen LogP contribution is 2.40. The van der Waals surface area contributed by atoms with E-state index >= 15 is 0 Å². The molecule has 1 heterocycles. The van der Waals surface area contributed by atoms with Crippen molar-refractivity contribution in [3.63, 3.8) is 0 Å². The van der Waals surface area contributed by atoms with Crippen molar-refractivity contribution in [1.82, 2.24) is 9.55 Å². The van der Waals surface area contributed by atoms with E-state index in [2.05, 4.69) is 4.57 Å². The van der Waals surface area contributed by atoms with Crippen LogP contribution in [0.2, 0.25) is 5.02 Å². The van der Waals surface area contributed by atoms with Gasteiger partial charge in [0.15, 0.2) is 5.78 Å². The van der Waals surface area contributed by atoms with Gasteiger partial charge in [-0.15, -0.1) is 0 Å². The number of hydrogen-bond donors (Lipinski definition) is 0. The third-order valence-corrected chi connectivity index (χ3v) is 4.35. The Morgan fingerprint density at radius 3 is 2.59 bits per heavy atom. The van der Waals surface area contributed by atoms with Crippen molar-refractivity contribution in [1.29, 1.82) is 0 Å². The summed E-state index contributed by atoms with van der Waals surface area (Å²) in [6, 6.07) is 15.1. The van der Waals surface area contributed by atoms with Crippen molar-refractivity contribution in [2.75, 3.05) is 0 Å². The van der Waals surface area contributed by atoms with Crippen LogP contribution in [0.4, 0.5) is 0 Å². The Labute approximate surface area is 133 Å². The first-order valence-corrected chi connectivity index (χ1v) is 7.84. The molecule has 1 aliphatic rings. The van der Waals surface area contributed by atoms with Crippen molar-refractivity contribution >= 4 is 28.4 Å². The van der Waals surface area contributed by atoms with Gasteiger partial charge in [0.2, 0.25) is 0 Å². The number of aromatic nitrogens is 2. The lowest BCUT2D eigenvalue weighted by Crippen LogP contribution is -2.12. The second-order valence-electron chi connectivity index (χ2n) is 5.75. The van der Waals surface area contributed by atoms with E-state index < -0.39 is 0 Å². The van der Waals surface area contributed by atoms with Gasteiger partial charge in [-0.05, 0) is 49.2 Å². The number of halogens is 1. The van der Waals surface area contributed by atoms with Gasteiger partial charge in [0.05, 0.1) is 17.6 Å². The number of benzene rings is 2. The number of nitrogens with zero attached hydrogens (tertiary/aromatic N) is 2. The number of hydrogen-bond acceptors (Lipinski definition) is 2. The molecule has 0 spiro atoms. The molecule has 4 rings (SSSR count). The number of ketones is 1. The highest BCUT2D eigenvalue weighted by molar-refractivity contribution is 6.30. The predicted octanol–water partition coefficient (Wildman–Crippen LogP) is 4.45. The predicted molar refractivity (Wildman–Crippen MR) is 87.5 cm³/mol. The highest BCUT2D eigenvalue weighted by atomic mass is 35.5. The number of fused-ring (bicyclic) bond motifs is 1. The van der Waals surface area contributed by atoms with Crippen molar-refractivity contribution in [3.05, 3.63) is 64.9 Å². The smallest absolute Gasteiger partial charge is 0.182 e. The van der Waals surface area contributed by atoms with Gasteiger partial charge in [0.25, 0.3) is 0 Å². The van der Waals surface area contributed by atoms with Crippen LogP contribution in [0.5, 0.6) is 0 Å². The van der Waals surface area contributed by atoms with Crippen molar-refractivity contribution in [2.45, 2.75) is 25.3 Å². The van der Waals surface area contributed by atoms with E-state index in [1.54, 1.807) is 24.3 Å². The molecular formula is C18H15ClN2O. The Morgan fingerprint density at radius 1 is 1.14 bits per heavy atom. The molecule has 3 aromatic rings. The van der Waals surface area contributed by atoms with E-state index in [-0.39, 0.29) is 5.78 Å². The third-order valence-electron chi connectivity index (χ3n) is 4.09. The first kappa shape index (κ1) is 13.5. The summed E-state index contributed by atoms with van der Waals surface area (Å²) >= 11 is 5.89. The minimum Gasteiger partial charge on any atom is -0.320 e. The molecule has 0 bridgehead atoms. The van der Waals surface area contributed by atoms with E-state index in [1.807, 2.05) is 24.3 Å². The zero-order valence-corrected chi connectivity index (χ0v) is 12.8. The van der Waals surface area contributed by atoms with Crippen LogP contribution in [0.25, 0.3) is 11.0 Å². The average molecular weight is 311 g/mol. The number of imidazole rings is 1. The van der Waals surface area contributed by atoms with Crippen molar-refractivity contribution in [2.24, 2.45) is 0 Å². The fourth-order valence-electron chi connectivity index (χ4n) is 2.78. The number of Topliss-reactive ketones (excluding diaryl/α,β-unsaturated/α-hetero) is 1. The highest BCUT2D eigenvalue weighted by Gasteiger charge is 2.30. The van der Waals surface area contributed by atoms with E-state index in [9.17, 15) is 4.79 Å². The van der Waals surface area contributed by atoms with Gasteiger partial charge >= 0.3 is 0 Å². The van der Waals surface area contributed by atoms with E-state index in [4.69, 9.17) is 16.6 Å². The summed E-state index contributed by atoms with van der Waals surface area (Å²) in [5.41, 5.74) is 2.68. The summed E-state index contributed by atoms with van der Waals surface area (Å²) in [6.07, 6.45) is 2.33. The molecule has 110 valence electrons. The first-order chi connectivity index (χ1) is 10.7. The number of rotatable bonds is 4. The fraction of sp³-hybridized carbons (Fsp3) is 0.222. The Balaban J connectivity index is 1.72. The summed E-state index contributed by atoms with van der Waals surface area (Å²) < 4.78 is 2.07. The molecule has 1 aromatic heterocycles. The lowest BCUT2D eigenvalue weighted by molar-refractivity contribution is 0.0972. The molecule has 0 saturated heterocycles. The lowest BCUT2D eigenvalue weighted by Gasteiger charge is -2.08. The maximum absolute atomic E-state index is 12.6. The molecule has 0 N–H and O–H groups in total. The lowest BCUT2D eigenvalue weighted by atomic mass is 10.1. The Kier molecular flexibility index (Phi) is 3.23. The van der Waals surface area contributed by atoms with Crippen LogP contribution in [0.15, 0.2) is 48.5 Å². The number of carbonyl (C=O) groups excluding carboxylic acids is 1. The summed E-state index contributed by atoms with van der Waals surface area (Å²) in [7, 11) is 0. The fourth-order valence-corrected chi connectivity index (χ4v) is 2.91. The summed E-state index contributed by atoms with van der Waals surface area (Å²) in [4.78, 5) is 17.3. The van der Waals surface area contributed by atoms with Gasteiger partial charge < -0.3 is 4.57 Å². The second-order valence-corrected chi connectivity index (χ2v) is 6.19. The van der Waals surface area contributed by atoms with Gasteiger partial charge in [-0.25, -0.2) is 4.98 Å². The monoisotopic (exact) mass is 310 g/mol. The van der Waals surface area contributed by atoms with E-state index in [1.165, 1.54) is 12.8 Å². The SMILES string of the molecule is O=C(Cn1c(C2CC2)nc2ccccc21)c1ccc(Cl)cc1. The standard InChI is InChI=1S/C18H15ClN2O/c19-14-9-7-12(8-10-14)17(22)11-21-16-4-2-1-3-15(16)20-18(21)13-5-6-13/h1-4,7-10,13H,5-6,11H2. The molecule has 4 heteroatoms. The van der Waals surface area contributed by atoms with Crippen LogP contribution in [0.1, 0.15) is 34.9 Å². The van der Waals surface area contributed by atoms with Crippen LogP contribution < -0.4 is 0 Å². The second kappa shape index (κ2) is 5.25. The minimum atomic E-state index is 0.0849. The van der Waals surface area contributed by atoms with Gasteiger partial charge in [0, 0.05) is 16.5 Å². The molecular weight excluding hydrogens is 296 g/mol. The van der Waals surface area contributed by atoms with E-state index in [0.717, 1.165) is 16.9 Å². The Hall–Kier alpha value is -2.13. The van der Waals surface area contributed by atoms with Crippen LogP contribution >= 0.6 is 11.6 Å². The quantitative estimate of drug-likeness (QED) is 0.667. The van der Waals surface area contributed by atoms with Gasteiger partial charge in [-0.1, -0.05) is 23.7 Å². The van der Waals surface area contributed by atoms with Gasteiger partial charge in [-0.2, -0.15) is 0 Å². The summed E-state index contributed by atoms with van der Waals surface area (Å²) in [6.45, 7) is 0.327. The summed E-state index contributed by atoms with van der Waals surface area (Å²) in [5.74, 6) is 1.63.